The molecule has 0 radical (unpaired) electrons. The van der Waals surface area contributed by atoms with Gasteiger partial charge >= 0.3 is 6.03 Å². The topological polar surface area (TPSA) is 90.5 Å². The summed E-state index contributed by atoms with van der Waals surface area (Å²) >= 11 is 0. The maximum absolute atomic E-state index is 12.4. The Hall–Kier alpha value is -1.34. The lowest BCUT2D eigenvalue weighted by atomic mass is 9.96. The predicted molar refractivity (Wildman–Crippen MR) is 87.2 cm³/mol. The average molecular weight is 345 g/mol. The van der Waals surface area contributed by atoms with Crippen molar-refractivity contribution < 1.29 is 14.4 Å². The van der Waals surface area contributed by atoms with Gasteiger partial charge in [-0.1, -0.05) is 0 Å². The van der Waals surface area contributed by atoms with E-state index in [0.717, 1.165) is 43.7 Å². The average Bonchev–Trinajstić information content (AvgIpc) is 3.17. The molecule has 2 saturated heterocycles. The van der Waals surface area contributed by atoms with Gasteiger partial charge in [0.05, 0.1) is 0 Å². The first-order valence-corrected chi connectivity index (χ1v) is 8.12. The Labute approximate surface area is 142 Å². The second kappa shape index (κ2) is 7.05. The Bertz CT molecular complexity index is 491. The largest absolute Gasteiger partial charge is 0.355 e. The van der Waals surface area contributed by atoms with Crippen molar-refractivity contribution in [1.82, 2.24) is 20.9 Å². The van der Waals surface area contributed by atoms with Gasteiger partial charge in [-0.3, -0.25) is 14.5 Å². The molecule has 0 aromatic heterocycles. The quantitative estimate of drug-likeness (QED) is 0.602. The number of urea groups is 1. The number of nitrogens with zero attached hydrogens (tertiary/aromatic N) is 1. The molecule has 3 fully saturated rings. The van der Waals surface area contributed by atoms with Crippen LogP contribution < -0.4 is 16.0 Å². The summed E-state index contributed by atoms with van der Waals surface area (Å²) in [5, 5.41) is 8.84. The predicted octanol–water partition coefficient (Wildman–Crippen LogP) is 0.245. The maximum Gasteiger partial charge on any atom is 0.325 e. The lowest BCUT2D eigenvalue weighted by Gasteiger charge is -2.20. The van der Waals surface area contributed by atoms with Crippen molar-refractivity contribution in [3.8, 4) is 0 Å². The molecule has 7 nitrogen and oxygen atoms in total. The van der Waals surface area contributed by atoms with Crippen molar-refractivity contribution in [2.75, 3.05) is 26.2 Å². The highest BCUT2D eigenvalue weighted by Crippen LogP contribution is 2.42. The standard InChI is InChI=1S/C15H24N4O3.ClH/c1-15(11-2-3-11)13(21)19(14(22)18-15)9-12(20)17-7-5-10-4-6-16-8-10;/h10-11,16H,2-9H2,1H3,(H,17,20)(H,18,22);1H. The first kappa shape index (κ1) is 18.0. The van der Waals surface area contributed by atoms with E-state index >= 15 is 0 Å². The Balaban J connectivity index is 0.00000192. The number of halogens is 1. The van der Waals surface area contributed by atoms with E-state index in [0.29, 0.717) is 12.5 Å². The second-order valence-electron chi connectivity index (χ2n) is 6.80. The molecule has 0 spiro atoms. The summed E-state index contributed by atoms with van der Waals surface area (Å²) in [4.78, 5) is 37.4. The molecule has 2 aliphatic heterocycles. The van der Waals surface area contributed by atoms with E-state index in [9.17, 15) is 14.4 Å². The van der Waals surface area contributed by atoms with Crippen LogP contribution in [0.5, 0.6) is 0 Å². The number of rotatable bonds is 6. The Morgan fingerprint density at radius 3 is 2.70 bits per heavy atom. The summed E-state index contributed by atoms with van der Waals surface area (Å²) in [7, 11) is 0. The lowest BCUT2D eigenvalue weighted by molar-refractivity contribution is -0.135. The number of hydrogen-bond donors (Lipinski definition) is 3. The summed E-state index contributed by atoms with van der Waals surface area (Å²) in [5.74, 6) is 0.284. The molecular formula is C15H25ClN4O3. The van der Waals surface area contributed by atoms with Gasteiger partial charge in [-0.2, -0.15) is 0 Å². The third-order valence-corrected chi connectivity index (χ3v) is 5.03. The summed E-state index contributed by atoms with van der Waals surface area (Å²) in [5.41, 5.74) is -0.813. The molecule has 3 aliphatic rings. The lowest BCUT2D eigenvalue weighted by Crippen LogP contribution is -2.47. The molecule has 2 heterocycles. The molecule has 2 unspecified atom stereocenters. The van der Waals surface area contributed by atoms with E-state index in [-0.39, 0.29) is 36.7 Å². The van der Waals surface area contributed by atoms with Crippen molar-refractivity contribution in [3.63, 3.8) is 0 Å². The van der Waals surface area contributed by atoms with Gasteiger partial charge in [0.1, 0.15) is 12.1 Å². The van der Waals surface area contributed by atoms with E-state index in [1.54, 1.807) is 6.92 Å². The monoisotopic (exact) mass is 344 g/mol. The van der Waals surface area contributed by atoms with E-state index in [1.807, 2.05) is 0 Å². The molecule has 3 N–H and O–H groups in total. The van der Waals surface area contributed by atoms with Crippen LogP contribution in [0.15, 0.2) is 0 Å². The van der Waals surface area contributed by atoms with E-state index in [4.69, 9.17) is 0 Å². The van der Waals surface area contributed by atoms with Gasteiger partial charge in [0.25, 0.3) is 5.91 Å². The fraction of sp³-hybridized carbons (Fsp3) is 0.800. The van der Waals surface area contributed by atoms with Gasteiger partial charge in [-0.05, 0) is 57.5 Å². The molecule has 2 atom stereocenters. The number of nitrogens with one attached hydrogen (secondary N) is 3. The molecule has 130 valence electrons. The first-order valence-electron chi connectivity index (χ1n) is 8.12. The van der Waals surface area contributed by atoms with Crippen LogP contribution in [0.3, 0.4) is 0 Å². The second-order valence-corrected chi connectivity index (χ2v) is 6.80. The van der Waals surface area contributed by atoms with Gasteiger partial charge in [0.15, 0.2) is 0 Å². The fourth-order valence-corrected chi connectivity index (χ4v) is 3.37. The van der Waals surface area contributed by atoms with Crippen LogP contribution in [-0.2, 0) is 9.59 Å². The highest BCUT2D eigenvalue weighted by Gasteiger charge is 2.56. The minimum atomic E-state index is -0.813. The van der Waals surface area contributed by atoms with Crippen LogP contribution in [0, 0.1) is 11.8 Å². The summed E-state index contributed by atoms with van der Waals surface area (Å²) in [6, 6.07) is -0.449. The van der Waals surface area contributed by atoms with Crippen molar-refractivity contribution >= 4 is 30.3 Å². The Morgan fingerprint density at radius 1 is 1.35 bits per heavy atom. The number of carbonyl (C=O) groups excluding carboxylic acids is 3. The van der Waals surface area contributed by atoms with Gasteiger partial charge in [0, 0.05) is 6.54 Å². The van der Waals surface area contributed by atoms with Crippen molar-refractivity contribution in [2.24, 2.45) is 11.8 Å². The summed E-state index contributed by atoms with van der Waals surface area (Å²) in [6.07, 6.45) is 3.98. The van der Waals surface area contributed by atoms with Gasteiger partial charge in [-0.15, -0.1) is 12.4 Å². The zero-order valence-corrected chi connectivity index (χ0v) is 14.2. The highest BCUT2D eigenvalue weighted by molar-refractivity contribution is 6.09. The SMILES string of the molecule is CC1(C2CC2)NC(=O)N(CC(=O)NCCC2CCNC2)C1=O.Cl. The van der Waals surface area contributed by atoms with E-state index in [2.05, 4.69) is 16.0 Å². The van der Waals surface area contributed by atoms with Crippen LogP contribution in [0.2, 0.25) is 0 Å². The minimum Gasteiger partial charge on any atom is -0.355 e. The van der Waals surface area contributed by atoms with Crippen molar-refractivity contribution in [1.29, 1.82) is 0 Å². The normalized spacial score (nSPS) is 30.1. The van der Waals surface area contributed by atoms with Crippen molar-refractivity contribution in [3.05, 3.63) is 0 Å². The Morgan fingerprint density at radius 2 is 2.09 bits per heavy atom. The third kappa shape index (κ3) is 3.77. The van der Waals surface area contributed by atoms with Gasteiger partial charge < -0.3 is 16.0 Å². The third-order valence-electron chi connectivity index (χ3n) is 5.03. The molecule has 0 aromatic carbocycles. The number of hydrogen-bond acceptors (Lipinski definition) is 4. The zero-order valence-electron chi connectivity index (χ0n) is 13.4. The first-order chi connectivity index (χ1) is 10.5. The summed E-state index contributed by atoms with van der Waals surface area (Å²) in [6.45, 7) is 4.21. The van der Waals surface area contributed by atoms with E-state index < -0.39 is 11.6 Å². The smallest absolute Gasteiger partial charge is 0.325 e. The molecule has 4 amide bonds. The molecule has 1 saturated carbocycles. The molecule has 3 rings (SSSR count). The van der Waals surface area contributed by atoms with Gasteiger partial charge in [-0.25, -0.2) is 4.79 Å². The number of imide groups is 1. The van der Waals surface area contributed by atoms with Crippen LogP contribution in [-0.4, -0.2) is 54.5 Å². The van der Waals surface area contributed by atoms with Crippen LogP contribution in [0.4, 0.5) is 4.79 Å². The minimum absolute atomic E-state index is 0. The molecule has 0 aromatic rings. The molecule has 23 heavy (non-hydrogen) atoms. The Kier molecular flexibility index (Phi) is 5.52. The molecule has 8 heteroatoms. The summed E-state index contributed by atoms with van der Waals surface area (Å²) < 4.78 is 0. The number of amides is 4. The molecule has 0 bridgehead atoms. The van der Waals surface area contributed by atoms with Gasteiger partial charge in [0.2, 0.25) is 5.91 Å². The van der Waals surface area contributed by atoms with E-state index in [1.165, 1.54) is 0 Å². The zero-order chi connectivity index (χ0) is 15.7. The highest BCUT2D eigenvalue weighted by atomic mass is 35.5. The van der Waals surface area contributed by atoms with Crippen LogP contribution >= 0.6 is 12.4 Å². The number of carbonyl (C=O) groups is 3. The van der Waals surface area contributed by atoms with Crippen LogP contribution in [0.1, 0.15) is 32.6 Å². The fourth-order valence-electron chi connectivity index (χ4n) is 3.37. The molecule has 1 aliphatic carbocycles. The maximum atomic E-state index is 12.4. The molecular weight excluding hydrogens is 320 g/mol. The van der Waals surface area contributed by atoms with Crippen molar-refractivity contribution in [2.45, 2.75) is 38.1 Å². The van der Waals surface area contributed by atoms with Crippen LogP contribution in [0.25, 0.3) is 0 Å².